The molecule has 0 aromatic carbocycles. The molecular formula is C13H40O3Si4. The highest BCUT2D eigenvalue weighted by Crippen LogP contribution is 2.18. The van der Waals surface area contributed by atoms with Crippen LogP contribution in [-0.4, -0.2) is 38.3 Å². The second-order valence-electron chi connectivity index (χ2n) is 8.16. The quantitative estimate of drug-likeness (QED) is 0.701. The Balaban J connectivity index is -0.000000346. The van der Waals surface area contributed by atoms with E-state index in [0.29, 0.717) is 0 Å². The maximum absolute atomic E-state index is 9.64. The SMILES string of the molecule is CC.C[Si](C)(C)C.C[Si](C)(C)O[Si](C)(C)O[Si](C)(C)O. The van der Waals surface area contributed by atoms with Crippen LogP contribution in [0.5, 0.6) is 0 Å². The van der Waals surface area contributed by atoms with E-state index in [1.807, 2.05) is 26.9 Å². The highest BCUT2D eigenvalue weighted by Gasteiger charge is 2.37. The molecule has 0 unspecified atom stereocenters. The smallest absolute Gasteiger partial charge is 0.320 e. The zero-order chi connectivity index (χ0) is 17.4. The number of hydrogen-bond donors (Lipinski definition) is 1. The van der Waals surface area contributed by atoms with Crippen molar-refractivity contribution in [2.45, 2.75) is 85.9 Å². The van der Waals surface area contributed by atoms with Crippen molar-refractivity contribution in [2.75, 3.05) is 0 Å². The molecule has 0 amide bonds. The van der Waals surface area contributed by atoms with Crippen LogP contribution in [0.3, 0.4) is 0 Å². The molecule has 0 aliphatic heterocycles. The standard InChI is InChI=1S/C7H22O3Si3.C4H12Si.C2H6/c1-11(2,3)9-13(6,7)10-12(4,5)8;1-5(2,3)4;1-2/h8H,1-7H3;1-4H3;1-2H3. The molecule has 0 saturated carbocycles. The first-order valence-corrected chi connectivity index (χ1v) is 20.6. The number of hydrogen-bond acceptors (Lipinski definition) is 3. The molecule has 0 saturated heterocycles. The molecular weight excluding hydrogens is 316 g/mol. The maximum Gasteiger partial charge on any atom is 0.320 e. The third-order valence-corrected chi connectivity index (χ3v) is 9.43. The van der Waals surface area contributed by atoms with Crippen molar-refractivity contribution >= 4 is 33.5 Å². The van der Waals surface area contributed by atoms with Crippen LogP contribution in [0.25, 0.3) is 0 Å². The van der Waals surface area contributed by atoms with Gasteiger partial charge in [0.1, 0.15) is 0 Å². The van der Waals surface area contributed by atoms with Crippen LogP contribution < -0.4 is 0 Å². The van der Waals surface area contributed by atoms with E-state index < -0.39 is 33.5 Å². The monoisotopic (exact) mass is 356 g/mol. The van der Waals surface area contributed by atoms with Gasteiger partial charge in [-0.1, -0.05) is 40.0 Å². The maximum atomic E-state index is 9.64. The molecule has 126 valence electrons. The molecule has 0 bridgehead atoms. The van der Waals surface area contributed by atoms with E-state index in [9.17, 15) is 4.80 Å². The van der Waals surface area contributed by atoms with Crippen LogP contribution >= 0.6 is 0 Å². The van der Waals surface area contributed by atoms with Crippen molar-refractivity contribution in [1.29, 1.82) is 0 Å². The minimum atomic E-state index is -2.43. The molecule has 0 heterocycles. The summed E-state index contributed by atoms with van der Waals surface area (Å²) in [5.41, 5.74) is 0. The van der Waals surface area contributed by atoms with Crippen molar-refractivity contribution in [1.82, 2.24) is 0 Å². The van der Waals surface area contributed by atoms with Crippen LogP contribution in [0.4, 0.5) is 0 Å². The van der Waals surface area contributed by atoms with Crippen LogP contribution in [0.1, 0.15) is 13.8 Å². The highest BCUT2D eigenvalue weighted by molar-refractivity contribution is 6.85. The second-order valence-corrected chi connectivity index (χ2v) is 25.7. The average Bonchev–Trinajstić information content (AvgIpc) is 1.93. The summed E-state index contributed by atoms with van der Waals surface area (Å²) in [5, 5.41) is 0. The van der Waals surface area contributed by atoms with Gasteiger partial charge >= 0.3 is 17.1 Å². The summed E-state index contributed by atoms with van der Waals surface area (Å²) in [6.07, 6.45) is 0. The van der Waals surface area contributed by atoms with E-state index in [4.69, 9.17) is 8.23 Å². The average molecular weight is 357 g/mol. The largest absolute Gasteiger partial charge is 0.437 e. The molecule has 7 heteroatoms. The summed E-state index contributed by atoms with van der Waals surface area (Å²) in [6, 6.07) is 0. The van der Waals surface area contributed by atoms with Gasteiger partial charge in [-0.05, 0) is 45.8 Å². The molecule has 0 aromatic rings. The molecule has 0 aromatic heterocycles. The fraction of sp³-hybridized carbons (Fsp3) is 1.00. The predicted molar refractivity (Wildman–Crippen MR) is 103 cm³/mol. The van der Waals surface area contributed by atoms with Gasteiger partial charge in [0.25, 0.3) is 0 Å². The Morgan fingerprint density at radius 1 is 0.600 bits per heavy atom. The van der Waals surface area contributed by atoms with Crippen LogP contribution in [-0.2, 0) is 8.23 Å². The lowest BCUT2D eigenvalue weighted by Crippen LogP contribution is -2.51. The Kier molecular flexibility index (Phi) is 12.5. The van der Waals surface area contributed by atoms with Gasteiger partial charge in [-0.2, -0.15) is 0 Å². The minimum absolute atomic E-state index is 0.611. The normalized spacial score (nSPS) is 12.9. The molecule has 20 heavy (non-hydrogen) atoms. The van der Waals surface area contributed by atoms with Crippen molar-refractivity contribution in [3.8, 4) is 0 Å². The fourth-order valence-corrected chi connectivity index (χ4v) is 12.6. The zero-order valence-corrected chi connectivity index (χ0v) is 20.3. The molecule has 0 rings (SSSR count). The van der Waals surface area contributed by atoms with E-state index in [2.05, 4.69) is 45.8 Å². The van der Waals surface area contributed by atoms with Crippen molar-refractivity contribution in [3.05, 3.63) is 0 Å². The first kappa shape index (κ1) is 25.7. The Hall–Kier alpha value is 0.748. The van der Waals surface area contributed by atoms with Gasteiger partial charge in [-0.25, -0.2) is 0 Å². The molecule has 0 aliphatic rings. The molecule has 3 nitrogen and oxygen atoms in total. The van der Waals surface area contributed by atoms with Crippen LogP contribution in [0, 0.1) is 0 Å². The third-order valence-electron chi connectivity index (χ3n) is 1.05. The Labute approximate surface area is 132 Å². The topological polar surface area (TPSA) is 38.7 Å². The lowest BCUT2D eigenvalue weighted by atomic mass is 11.0. The first-order chi connectivity index (χ1) is 8.41. The molecule has 1 N–H and O–H groups in total. The summed E-state index contributed by atoms with van der Waals surface area (Å²) in [5.74, 6) is 0. The van der Waals surface area contributed by atoms with Crippen molar-refractivity contribution < 1.29 is 13.0 Å². The molecule has 0 atom stereocenters. The van der Waals surface area contributed by atoms with Gasteiger partial charge < -0.3 is 13.0 Å². The lowest BCUT2D eigenvalue weighted by molar-refractivity contribution is 0.326. The Morgan fingerprint density at radius 3 is 1.00 bits per heavy atom. The van der Waals surface area contributed by atoms with E-state index in [-0.39, 0.29) is 0 Å². The third kappa shape index (κ3) is 36.3. The van der Waals surface area contributed by atoms with Gasteiger partial charge in [0.15, 0.2) is 8.32 Å². The van der Waals surface area contributed by atoms with Crippen molar-refractivity contribution in [2.24, 2.45) is 0 Å². The van der Waals surface area contributed by atoms with Crippen LogP contribution in [0.15, 0.2) is 0 Å². The predicted octanol–water partition coefficient (Wildman–Crippen LogP) is 5.23. The Morgan fingerprint density at radius 2 is 0.850 bits per heavy atom. The van der Waals surface area contributed by atoms with Gasteiger partial charge in [0.2, 0.25) is 0 Å². The molecule has 0 spiro atoms. The highest BCUT2D eigenvalue weighted by atomic mass is 28.5. The molecule has 0 radical (unpaired) electrons. The van der Waals surface area contributed by atoms with Gasteiger partial charge in [0, 0.05) is 8.07 Å². The summed E-state index contributed by atoms with van der Waals surface area (Å²) in [7, 11) is -6.69. The molecule has 0 fully saturated rings. The zero-order valence-electron chi connectivity index (χ0n) is 16.3. The fourth-order valence-electron chi connectivity index (χ4n) is 1.36. The summed E-state index contributed by atoms with van der Waals surface area (Å²) >= 11 is 0. The second kappa shape index (κ2) is 9.70. The van der Waals surface area contributed by atoms with E-state index in [1.54, 1.807) is 13.1 Å². The summed E-state index contributed by atoms with van der Waals surface area (Å²) < 4.78 is 11.6. The van der Waals surface area contributed by atoms with Gasteiger partial charge in [-0.15, -0.1) is 0 Å². The van der Waals surface area contributed by atoms with Crippen LogP contribution in [0.2, 0.25) is 72.0 Å². The van der Waals surface area contributed by atoms with Gasteiger partial charge in [0.05, 0.1) is 0 Å². The van der Waals surface area contributed by atoms with E-state index >= 15 is 0 Å². The van der Waals surface area contributed by atoms with E-state index in [1.165, 1.54) is 0 Å². The minimum Gasteiger partial charge on any atom is -0.437 e. The summed E-state index contributed by atoms with van der Waals surface area (Å²) in [4.78, 5) is 9.64. The first-order valence-electron chi connectivity index (χ1n) is 7.54. The lowest BCUT2D eigenvalue weighted by Gasteiger charge is -2.34. The van der Waals surface area contributed by atoms with Gasteiger partial charge in [-0.3, -0.25) is 0 Å². The number of rotatable bonds is 4. The molecule has 0 aliphatic carbocycles. The summed E-state index contributed by atoms with van der Waals surface area (Å²) in [6.45, 7) is 27.3. The van der Waals surface area contributed by atoms with E-state index in [0.717, 1.165) is 0 Å². The Bertz CT molecular complexity index is 213. The van der Waals surface area contributed by atoms with Crippen molar-refractivity contribution in [3.63, 3.8) is 0 Å².